The first kappa shape index (κ1) is 18.4. The Morgan fingerprint density at radius 3 is 2.57 bits per heavy atom. The monoisotopic (exact) mass is 405 g/mol. The number of hydrogen-bond donors (Lipinski definition) is 0. The number of aliphatic imine (C=N–C) groups is 1. The van der Waals surface area contributed by atoms with Gasteiger partial charge in [0.2, 0.25) is 0 Å². The van der Waals surface area contributed by atoms with Crippen molar-refractivity contribution in [3.8, 4) is 5.75 Å². The molecule has 0 spiro atoms. The minimum Gasteiger partial charge on any atom is -0.422 e. The van der Waals surface area contributed by atoms with E-state index < -0.39 is 5.97 Å². The summed E-state index contributed by atoms with van der Waals surface area (Å²) in [5.41, 5.74) is 2.98. The molecule has 0 N–H and O–H groups in total. The number of ether oxygens (including phenoxy) is 1. The van der Waals surface area contributed by atoms with Gasteiger partial charge in [-0.2, -0.15) is 0 Å². The van der Waals surface area contributed by atoms with Gasteiger partial charge in [0.25, 0.3) is 0 Å². The quantitative estimate of drug-likeness (QED) is 0.212. The normalized spacial score (nSPS) is 11.2. The van der Waals surface area contributed by atoms with Crippen LogP contribution in [0.1, 0.15) is 20.8 Å². The van der Waals surface area contributed by atoms with Gasteiger partial charge >= 0.3 is 5.97 Å². The number of thiophene rings is 1. The number of aryl methyl sites for hydroxylation is 1. The molecule has 0 aliphatic heterocycles. The van der Waals surface area contributed by atoms with Crippen LogP contribution >= 0.6 is 22.9 Å². The van der Waals surface area contributed by atoms with Gasteiger partial charge in [-0.05, 0) is 60.5 Å². The van der Waals surface area contributed by atoms with E-state index in [0.29, 0.717) is 15.6 Å². The van der Waals surface area contributed by atoms with E-state index in [1.54, 1.807) is 18.3 Å². The molecule has 0 aliphatic rings. The van der Waals surface area contributed by atoms with Crippen LogP contribution in [-0.2, 0) is 0 Å². The molecule has 0 radical (unpaired) electrons. The Hall–Kier alpha value is -2.95. The van der Waals surface area contributed by atoms with Crippen LogP contribution in [-0.4, -0.2) is 12.2 Å². The maximum atomic E-state index is 12.5. The number of hydrogen-bond acceptors (Lipinski definition) is 4. The maximum Gasteiger partial charge on any atom is 0.355 e. The molecule has 1 aromatic heterocycles. The predicted octanol–water partition coefficient (Wildman–Crippen LogP) is 6.83. The zero-order valence-corrected chi connectivity index (χ0v) is 16.6. The highest BCUT2D eigenvalue weighted by atomic mass is 35.5. The van der Waals surface area contributed by atoms with Crippen molar-refractivity contribution in [3.63, 3.8) is 0 Å². The van der Waals surface area contributed by atoms with Crippen molar-refractivity contribution in [1.82, 2.24) is 0 Å². The summed E-state index contributed by atoms with van der Waals surface area (Å²) >= 11 is 7.68. The molecule has 0 saturated heterocycles. The van der Waals surface area contributed by atoms with Crippen molar-refractivity contribution < 1.29 is 9.53 Å². The van der Waals surface area contributed by atoms with E-state index in [9.17, 15) is 4.79 Å². The third kappa shape index (κ3) is 3.98. The van der Waals surface area contributed by atoms with E-state index in [2.05, 4.69) is 4.99 Å². The van der Waals surface area contributed by atoms with Gasteiger partial charge in [0.1, 0.15) is 10.6 Å². The van der Waals surface area contributed by atoms with Crippen molar-refractivity contribution in [2.45, 2.75) is 6.92 Å². The molecule has 28 heavy (non-hydrogen) atoms. The molecule has 1 heterocycles. The van der Waals surface area contributed by atoms with Crippen LogP contribution in [0.15, 0.2) is 77.8 Å². The van der Waals surface area contributed by atoms with Crippen LogP contribution < -0.4 is 4.74 Å². The van der Waals surface area contributed by atoms with E-state index >= 15 is 0 Å². The second-order valence-electron chi connectivity index (χ2n) is 6.30. The van der Waals surface area contributed by atoms with Gasteiger partial charge in [-0.1, -0.05) is 41.9 Å². The fourth-order valence-electron chi connectivity index (χ4n) is 2.78. The molecule has 138 valence electrons. The second-order valence-corrected chi connectivity index (χ2v) is 7.73. The molecule has 0 amide bonds. The molecule has 3 nitrogen and oxygen atoms in total. The van der Waals surface area contributed by atoms with Crippen LogP contribution in [0, 0.1) is 6.92 Å². The third-order valence-corrected chi connectivity index (χ3v) is 5.83. The summed E-state index contributed by atoms with van der Waals surface area (Å²) in [7, 11) is 0. The van der Waals surface area contributed by atoms with Crippen LogP contribution in [0.2, 0.25) is 5.02 Å². The Bertz CT molecular complexity index is 1180. The zero-order valence-electron chi connectivity index (χ0n) is 15.1. The number of carbonyl (C=O) groups is 1. The smallest absolute Gasteiger partial charge is 0.355 e. The first-order chi connectivity index (χ1) is 13.6. The van der Waals surface area contributed by atoms with E-state index in [1.165, 1.54) is 11.3 Å². The summed E-state index contributed by atoms with van der Waals surface area (Å²) in [6, 6.07) is 22.8. The van der Waals surface area contributed by atoms with E-state index in [-0.39, 0.29) is 0 Å². The van der Waals surface area contributed by atoms with Gasteiger partial charge in [-0.15, -0.1) is 11.3 Å². The van der Waals surface area contributed by atoms with Gasteiger partial charge in [-0.25, -0.2) is 4.79 Å². The molecule has 0 bridgehead atoms. The molecule has 3 aromatic carbocycles. The van der Waals surface area contributed by atoms with Gasteiger partial charge in [0.15, 0.2) is 0 Å². The zero-order chi connectivity index (χ0) is 19.5. The fourth-order valence-corrected chi connectivity index (χ4v) is 4.16. The number of nitrogens with zero attached hydrogens (tertiary/aromatic N) is 1. The first-order valence-electron chi connectivity index (χ1n) is 8.70. The Labute approximate surface area is 171 Å². The van der Waals surface area contributed by atoms with Crippen LogP contribution in [0.3, 0.4) is 0 Å². The largest absolute Gasteiger partial charge is 0.422 e. The van der Waals surface area contributed by atoms with Crippen molar-refractivity contribution >= 4 is 50.9 Å². The molecule has 0 atom stereocenters. The van der Waals surface area contributed by atoms with Gasteiger partial charge < -0.3 is 4.74 Å². The lowest BCUT2D eigenvalue weighted by atomic mass is 10.2. The summed E-state index contributed by atoms with van der Waals surface area (Å²) < 4.78 is 6.45. The van der Waals surface area contributed by atoms with Crippen molar-refractivity contribution in [2.24, 2.45) is 4.99 Å². The minimum absolute atomic E-state index is 0.410. The number of fused-ring (bicyclic) bond motifs is 1. The van der Waals surface area contributed by atoms with Gasteiger partial charge in [0.05, 0.1) is 10.7 Å². The second kappa shape index (κ2) is 7.97. The highest BCUT2D eigenvalue weighted by Crippen LogP contribution is 2.35. The SMILES string of the molecule is Cc1cccc(N=Cc2ccc(OC(=O)c3sc4ccccc4c3Cl)cc2)c1. The molecule has 4 aromatic rings. The minimum atomic E-state index is -0.452. The molecule has 4 rings (SSSR count). The number of benzene rings is 3. The average Bonchev–Trinajstić information content (AvgIpc) is 3.05. The molecular formula is C23H16ClNO2S. The van der Waals surface area contributed by atoms with E-state index in [1.807, 2.05) is 67.6 Å². The molecule has 0 unspecified atom stereocenters. The molecule has 5 heteroatoms. The van der Waals surface area contributed by atoms with E-state index in [0.717, 1.165) is 26.9 Å². The lowest BCUT2D eigenvalue weighted by molar-refractivity contribution is 0.0740. The summed E-state index contributed by atoms with van der Waals surface area (Å²) in [4.78, 5) is 17.4. The van der Waals surface area contributed by atoms with Crippen molar-refractivity contribution in [1.29, 1.82) is 0 Å². The summed E-state index contributed by atoms with van der Waals surface area (Å²) in [6.07, 6.45) is 1.78. The number of esters is 1. The molecule has 0 saturated carbocycles. The van der Waals surface area contributed by atoms with Gasteiger partial charge in [0, 0.05) is 16.3 Å². The molecular weight excluding hydrogens is 390 g/mol. The van der Waals surface area contributed by atoms with Crippen molar-refractivity contribution in [3.05, 3.63) is 93.8 Å². The lowest BCUT2D eigenvalue weighted by Crippen LogP contribution is -2.06. The summed E-state index contributed by atoms with van der Waals surface area (Å²) in [6.45, 7) is 2.03. The predicted molar refractivity (Wildman–Crippen MR) is 117 cm³/mol. The number of halogens is 1. The summed E-state index contributed by atoms with van der Waals surface area (Å²) in [5, 5.41) is 1.30. The Kier molecular flexibility index (Phi) is 5.24. The lowest BCUT2D eigenvalue weighted by Gasteiger charge is -2.03. The Morgan fingerprint density at radius 2 is 1.82 bits per heavy atom. The van der Waals surface area contributed by atoms with E-state index in [4.69, 9.17) is 16.3 Å². The Balaban J connectivity index is 1.48. The highest BCUT2D eigenvalue weighted by Gasteiger charge is 2.18. The number of rotatable bonds is 4. The average molecular weight is 406 g/mol. The topological polar surface area (TPSA) is 38.7 Å². The van der Waals surface area contributed by atoms with Gasteiger partial charge in [-0.3, -0.25) is 4.99 Å². The standard InChI is InChI=1S/C23H16ClNO2S/c1-15-5-4-6-17(13-15)25-14-16-9-11-18(12-10-16)27-23(26)22-21(24)19-7-2-3-8-20(19)28-22/h2-14H,1H3. The maximum absolute atomic E-state index is 12.5. The third-order valence-electron chi connectivity index (χ3n) is 4.18. The summed E-state index contributed by atoms with van der Waals surface area (Å²) in [5.74, 6) is 0.0126. The van der Waals surface area contributed by atoms with Crippen LogP contribution in [0.5, 0.6) is 5.75 Å². The van der Waals surface area contributed by atoms with Crippen LogP contribution in [0.25, 0.3) is 10.1 Å². The first-order valence-corrected chi connectivity index (χ1v) is 9.89. The highest BCUT2D eigenvalue weighted by molar-refractivity contribution is 7.21. The van der Waals surface area contributed by atoms with Crippen LogP contribution in [0.4, 0.5) is 5.69 Å². The Morgan fingerprint density at radius 1 is 1.04 bits per heavy atom. The molecule has 0 fully saturated rings. The fraction of sp³-hybridized carbons (Fsp3) is 0.0435. The molecule has 0 aliphatic carbocycles. The van der Waals surface area contributed by atoms with Crippen molar-refractivity contribution in [2.75, 3.05) is 0 Å². The number of carbonyl (C=O) groups excluding carboxylic acids is 1.